The van der Waals surface area contributed by atoms with Crippen LogP contribution in [-0.4, -0.2) is 66.9 Å². The molecule has 1 aliphatic rings. The van der Waals surface area contributed by atoms with Crippen molar-refractivity contribution in [1.29, 1.82) is 0 Å². The molecular weight excluding hydrogens is 362 g/mol. The molecule has 0 bridgehead atoms. The fourth-order valence-electron chi connectivity index (χ4n) is 2.11. The van der Waals surface area contributed by atoms with Crippen LogP contribution in [0.3, 0.4) is 0 Å². The van der Waals surface area contributed by atoms with Gasteiger partial charge in [0.1, 0.15) is 8.42 Å². The minimum absolute atomic E-state index is 0.00711. The number of rotatable bonds is 6. The monoisotopic (exact) mass is 381 g/mol. The van der Waals surface area contributed by atoms with Gasteiger partial charge in [-0.25, -0.2) is 22.0 Å². The highest BCUT2D eigenvalue weighted by atomic mass is 32.3. The molecule has 0 spiro atoms. The van der Waals surface area contributed by atoms with Crippen LogP contribution in [0, 0.1) is 0 Å². The third-order valence-corrected chi connectivity index (χ3v) is 8.32. The van der Waals surface area contributed by atoms with Crippen LogP contribution in [0.4, 0.5) is 0 Å². The molecule has 23 heavy (non-hydrogen) atoms. The zero-order valence-corrected chi connectivity index (χ0v) is 15.5. The number of primary sulfonamides is 1. The Morgan fingerprint density at radius 2 is 2.09 bits per heavy atom. The molecule has 11 heteroatoms. The number of hydrogen-bond acceptors (Lipinski definition) is 7. The van der Waals surface area contributed by atoms with Crippen molar-refractivity contribution in [3.05, 3.63) is 17.3 Å². The maximum atomic E-state index is 12.6. The number of sulfonamides is 2. The number of nitrogens with two attached hydrogens (primary N) is 1. The molecule has 0 radical (unpaired) electrons. The molecule has 2 heterocycles. The van der Waals surface area contributed by atoms with Gasteiger partial charge in [0.25, 0.3) is 10.0 Å². The highest BCUT2D eigenvalue weighted by Gasteiger charge is 2.33. The van der Waals surface area contributed by atoms with Gasteiger partial charge in [-0.2, -0.15) is 0 Å². The third kappa shape index (κ3) is 3.75. The Morgan fingerprint density at radius 1 is 1.43 bits per heavy atom. The van der Waals surface area contributed by atoms with E-state index in [9.17, 15) is 16.8 Å². The molecule has 0 aromatic carbocycles. The van der Waals surface area contributed by atoms with Crippen LogP contribution >= 0.6 is 11.3 Å². The molecule has 0 fully saturated rings. The number of likely N-dealkylation sites (N-methyl/N-ethyl adjacent to an activating group) is 2. The molecule has 8 nitrogen and oxygen atoms in total. The van der Waals surface area contributed by atoms with E-state index in [0.717, 1.165) is 0 Å². The van der Waals surface area contributed by atoms with Gasteiger partial charge in [0.15, 0.2) is 0 Å². The first-order valence-electron chi connectivity index (χ1n) is 6.61. The maximum absolute atomic E-state index is 12.6. The van der Waals surface area contributed by atoms with E-state index >= 15 is 0 Å². The van der Waals surface area contributed by atoms with Gasteiger partial charge in [0, 0.05) is 38.5 Å². The van der Waals surface area contributed by atoms with Crippen molar-refractivity contribution >= 4 is 37.5 Å². The van der Waals surface area contributed by atoms with Crippen molar-refractivity contribution in [3.8, 4) is 0 Å². The lowest BCUT2D eigenvalue weighted by molar-refractivity contribution is 0.164. The van der Waals surface area contributed by atoms with Crippen molar-refractivity contribution < 1.29 is 21.6 Å². The zero-order valence-electron chi connectivity index (χ0n) is 13.0. The predicted molar refractivity (Wildman–Crippen MR) is 88.0 cm³/mol. The fourth-order valence-corrected chi connectivity index (χ4v) is 5.98. The predicted octanol–water partition coefficient (Wildman–Crippen LogP) is -0.0513. The molecule has 0 aliphatic carbocycles. The highest BCUT2D eigenvalue weighted by Crippen LogP contribution is 2.37. The van der Waals surface area contributed by atoms with Gasteiger partial charge in [0.2, 0.25) is 10.0 Å². The van der Waals surface area contributed by atoms with E-state index in [4.69, 9.17) is 9.88 Å². The molecule has 130 valence electrons. The second-order valence-corrected chi connectivity index (χ2v) is 10.2. The van der Waals surface area contributed by atoms with E-state index in [1.165, 1.54) is 17.4 Å². The Labute approximate surface area is 140 Å². The Morgan fingerprint density at radius 3 is 2.65 bits per heavy atom. The molecule has 0 unspecified atom stereocenters. The first-order chi connectivity index (χ1) is 10.6. The van der Waals surface area contributed by atoms with E-state index in [1.807, 2.05) is 11.9 Å². The molecule has 2 N–H and O–H groups in total. The SMILES string of the molecule is COCCN(C)CC1=Cc2cc(S(N)(=O)=O)sc2S(=O)(=O)N1C. The maximum Gasteiger partial charge on any atom is 0.274 e. The number of methoxy groups -OCH3 is 1. The lowest BCUT2D eigenvalue weighted by Gasteiger charge is -2.28. The average molecular weight is 382 g/mol. The van der Waals surface area contributed by atoms with Gasteiger partial charge < -0.3 is 4.74 Å². The second kappa shape index (κ2) is 6.49. The van der Waals surface area contributed by atoms with Crippen LogP contribution in [0.25, 0.3) is 6.08 Å². The van der Waals surface area contributed by atoms with Gasteiger partial charge in [-0.05, 0) is 19.2 Å². The Hall–Kier alpha value is -0.980. The number of thiophene rings is 1. The minimum atomic E-state index is -3.94. The van der Waals surface area contributed by atoms with Crippen molar-refractivity contribution in [2.24, 2.45) is 5.14 Å². The third-order valence-electron chi connectivity index (χ3n) is 3.41. The molecule has 0 amide bonds. The topological polar surface area (TPSA) is 110 Å². The first-order valence-corrected chi connectivity index (χ1v) is 10.4. The van der Waals surface area contributed by atoms with Crippen molar-refractivity contribution in [2.75, 3.05) is 40.9 Å². The number of fused-ring (bicyclic) bond motifs is 1. The fraction of sp³-hybridized carbons (Fsp3) is 0.500. The molecule has 1 aromatic rings. The molecule has 0 saturated heterocycles. The Kier molecular flexibility index (Phi) is 5.18. The standard InChI is InChI=1S/C12H19N3O5S3/c1-14(4-5-20-3)8-10-6-9-7-11(22(13,16)17)21-12(9)23(18,19)15(10)2/h6-7H,4-5,8H2,1-3H3,(H2,13,16,17). The summed E-state index contributed by atoms with van der Waals surface area (Å²) in [6.07, 6.45) is 1.67. The summed E-state index contributed by atoms with van der Waals surface area (Å²) in [5.74, 6) is 0. The summed E-state index contributed by atoms with van der Waals surface area (Å²) in [7, 11) is -2.82. The van der Waals surface area contributed by atoms with Gasteiger partial charge in [-0.1, -0.05) is 0 Å². The summed E-state index contributed by atoms with van der Waals surface area (Å²) >= 11 is 0.667. The molecule has 1 aliphatic heterocycles. The average Bonchev–Trinajstić information content (AvgIpc) is 2.87. The van der Waals surface area contributed by atoms with Gasteiger partial charge in [-0.15, -0.1) is 11.3 Å². The largest absolute Gasteiger partial charge is 0.383 e. The van der Waals surface area contributed by atoms with Crippen molar-refractivity contribution in [1.82, 2.24) is 9.21 Å². The van der Waals surface area contributed by atoms with Crippen LogP contribution in [0.2, 0.25) is 0 Å². The molecule has 1 aromatic heterocycles. The van der Waals surface area contributed by atoms with E-state index in [0.29, 0.717) is 42.3 Å². The first kappa shape index (κ1) is 18.4. The van der Waals surface area contributed by atoms with Gasteiger partial charge in [0.05, 0.1) is 6.61 Å². The molecule has 2 rings (SSSR count). The summed E-state index contributed by atoms with van der Waals surface area (Å²) in [5, 5.41) is 5.09. The smallest absolute Gasteiger partial charge is 0.274 e. The van der Waals surface area contributed by atoms with Gasteiger partial charge in [-0.3, -0.25) is 9.21 Å². The summed E-state index contributed by atoms with van der Waals surface area (Å²) in [4.78, 5) is 1.92. The Bertz CT molecular complexity index is 826. The minimum Gasteiger partial charge on any atom is -0.383 e. The van der Waals surface area contributed by atoms with E-state index in [1.54, 1.807) is 13.2 Å². The van der Waals surface area contributed by atoms with Crippen molar-refractivity contribution in [3.63, 3.8) is 0 Å². The quantitative estimate of drug-likeness (QED) is 0.740. The van der Waals surface area contributed by atoms with Crippen LogP contribution < -0.4 is 5.14 Å². The molecular formula is C12H19N3O5S3. The summed E-state index contributed by atoms with van der Waals surface area (Å²) < 4.78 is 54.0. The van der Waals surface area contributed by atoms with Crippen LogP contribution in [0.1, 0.15) is 5.56 Å². The van der Waals surface area contributed by atoms with Crippen LogP contribution in [0.5, 0.6) is 0 Å². The van der Waals surface area contributed by atoms with Crippen LogP contribution in [-0.2, 0) is 24.8 Å². The molecule has 0 saturated carbocycles. The summed E-state index contributed by atoms with van der Waals surface area (Å²) in [6, 6.07) is 1.30. The summed E-state index contributed by atoms with van der Waals surface area (Å²) in [6.45, 7) is 1.55. The zero-order chi connectivity index (χ0) is 17.4. The Balaban J connectivity index is 2.41. The lowest BCUT2D eigenvalue weighted by Crippen LogP contribution is -2.35. The van der Waals surface area contributed by atoms with E-state index < -0.39 is 20.0 Å². The van der Waals surface area contributed by atoms with Gasteiger partial charge >= 0.3 is 0 Å². The highest BCUT2D eigenvalue weighted by molar-refractivity contribution is 7.94. The second-order valence-electron chi connectivity index (χ2n) is 5.19. The van der Waals surface area contributed by atoms with Crippen LogP contribution in [0.15, 0.2) is 20.2 Å². The van der Waals surface area contributed by atoms with E-state index in [2.05, 4.69) is 0 Å². The normalized spacial score (nSPS) is 17.3. The number of ether oxygens (including phenoxy) is 1. The van der Waals surface area contributed by atoms with E-state index in [-0.39, 0.29) is 8.42 Å². The summed E-state index contributed by atoms with van der Waals surface area (Å²) in [5.41, 5.74) is 0.905. The lowest BCUT2D eigenvalue weighted by atomic mass is 10.2. The number of hydrogen-bond donors (Lipinski definition) is 1. The van der Waals surface area contributed by atoms with Crippen molar-refractivity contribution in [2.45, 2.75) is 8.42 Å². The number of nitrogens with zero attached hydrogens (tertiary/aromatic N) is 2. The molecule has 0 atom stereocenters.